The molecule has 0 amide bonds. The van der Waals surface area contributed by atoms with E-state index in [1.165, 1.54) is 6.42 Å². The maximum atomic E-state index is 4.49. The molecule has 2 aromatic heterocycles. The number of rotatable bonds is 3. The summed E-state index contributed by atoms with van der Waals surface area (Å²) in [5.74, 6) is 5.55. The molecule has 6 heteroatoms. The monoisotopic (exact) mass is 286 g/mol. The molecule has 2 aliphatic rings. The summed E-state index contributed by atoms with van der Waals surface area (Å²) in [5, 5.41) is 17.5. The zero-order valence-corrected chi connectivity index (χ0v) is 13.0. The molecule has 21 heavy (non-hydrogen) atoms. The van der Waals surface area contributed by atoms with E-state index in [4.69, 9.17) is 0 Å². The maximum absolute atomic E-state index is 4.49. The predicted molar refractivity (Wildman–Crippen MR) is 78.1 cm³/mol. The van der Waals surface area contributed by atoms with Crippen molar-refractivity contribution in [1.29, 1.82) is 0 Å². The summed E-state index contributed by atoms with van der Waals surface area (Å²) in [4.78, 5) is 0. The molecule has 0 saturated heterocycles. The van der Waals surface area contributed by atoms with Gasteiger partial charge in [0.15, 0.2) is 0 Å². The highest BCUT2D eigenvalue weighted by atomic mass is 15.3. The average Bonchev–Trinajstić information content (AvgIpc) is 3.19. The molecule has 2 aliphatic heterocycles. The van der Waals surface area contributed by atoms with Crippen molar-refractivity contribution in [2.45, 2.75) is 65.0 Å². The summed E-state index contributed by atoms with van der Waals surface area (Å²) >= 11 is 0. The number of fused-ring (bicyclic) bond motifs is 2. The number of hydrogen-bond donors (Lipinski definition) is 0. The van der Waals surface area contributed by atoms with Crippen LogP contribution in [0.1, 0.15) is 62.4 Å². The fourth-order valence-corrected chi connectivity index (χ4v) is 3.84. The Balaban J connectivity index is 1.60. The molecule has 0 N–H and O–H groups in total. The van der Waals surface area contributed by atoms with Crippen LogP contribution in [0, 0.1) is 5.92 Å². The lowest BCUT2D eigenvalue weighted by molar-refractivity contribution is 0.394. The SMILES string of the molecule is CCc1nnc2n1CC(C(C)c1nnc3n1[C@@H](C)CC3)C2. The van der Waals surface area contributed by atoms with Crippen LogP contribution in [-0.2, 0) is 25.8 Å². The van der Waals surface area contributed by atoms with Gasteiger partial charge in [-0.1, -0.05) is 13.8 Å². The van der Waals surface area contributed by atoms with Crippen LogP contribution in [0.15, 0.2) is 0 Å². The lowest BCUT2D eigenvalue weighted by atomic mass is 9.92. The van der Waals surface area contributed by atoms with Gasteiger partial charge in [0.25, 0.3) is 0 Å². The van der Waals surface area contributed by atoms with E-state index in [2.05, 4.69) is 50.3 Å². The summed E-state index contributed by atoms with van der Waals surface area (Å²) in [6.07, 6.45) is 4.22. The van der Waals surface area contributed by atoms with Crippen LogP contribution < -0.4 is 0 Å². The average molecular weight is 286 g/mol. The van der Waals surface area contributed by atoms with Crippen molar-refractivity contribution in [3.63, 3.8) is 0 Å². The van der Waals surface area contributed by atoms with Crippen LogP contribution >= 0.6 is 0 Å². The molecule has 2 unspecified atom stereocenters. The van der Waals surface area contributed by atoms with Gasteiger partial charge in [-0.3, -0.25) is 0 Å². The minimum Gasteiger partial charge on any atom is -0.315 e. The Morgan fingerprint density at radius 2 is 2.00 bits per heavy atom. The number of hydrogen-bond acceptors (Lipinski definition) is 4. The van der Waals surface area contributed by atoms with Gasteiger partial charge in [-0.2, -0.15) is 0 Å². The summed E-state index contributed by atoms with van der Waals surface area (Å²) in [5.41, 5.74) is 0. The molecule has 0 radical (unpaired) electrons. The Hall–Kier alpha value is -1.72. The van der Waals surface area contributed by atoms with Gasteiger partial charge in [-0.05, 0) is 19.3 Å². The quantitative estimate of drug-likeness (QED) is 0.865. The van der Waals surface area contributed by atoms with E-state index in [-0.39, 0.29) is 0 Å². The maximum Gasteiger partial charge on any atom is 0.136 e. The van der Waals surface area contributed by atoms with Crippen LogP contribution in [-0.4, -0.2) is 29.5 Å². The smallest absolute Gasteiger partial charge is 0.136 e. The molecular formula is C15H22N6. The van der Waals surface area contributed by atoms with Crippen LogP contribution in [0.25, 0.3) is 0 Å². The van der Waals surface area contributed by atoms with Crippen molar-refractivity contribution in [3.8, 4) is 0 Å². The third kappa shape index (κ3) is 1.84. The first-order chi connectivity index (χ1) is 10.2. The molecule has 4 heterocycles. The Kier molecular flexibility index (Phi) is 2.87. The molecule has 0 aromatic carbocycles. The molecule has 0 spiro atoms. The van der Waals surface area contributed by atoms with Crippen LogP contribution in [0.2, 0.25) is 0 Å². The van der Waals surface area contributed by atoms with E-state index in [1.54, 1.807) is 0 Å². The van der Waals surface area contributed by atoms with Crippen LogP contribution in [0.4, 0.5) is 0 Å². The second-order valence-electron chi connectivity index (χ2n) is 6.48. The zero-order valence-electron chi connectivity index (χ0n) is 13.0. The van der Waals surface area contributed by atoms with E-state index in [0.717, 1.165) is 49.1 Å². The van der Waals surface area contributed by atoms with Gasteiger partial charge in [0, 0.05) is 37.8 Å². The normalized spacial score (nSPS) is 25.1. The van der Waals surface area contributed by atoms with E-state index >= 15 is 0 Å². The second kappa shape index (κ2) is 4.64. The highest BCUT2D eigenvalue weighted by molar-refractivity contribution is 5.12. The van der Waals surface area contributed by atoms with Gasteiger partial charge in [0.2, 0.25) is 0 Å². The van der Waals surface area contributed by atoms with E-state index in [1.807, 2.05) is 0 Å². The highest BCUT2D eigenvalue weighted by Gasteiger charge is 2.34. The third-order valence-corrected chi connectivity index (χ3v) is 5.22. The minimum absolute atomic E-state index is 0.415. The van der Waals surface area contributed by atoms with Gasteiger partial charge in [0.1, 0.15) is 23.3 Å². The molecule has 0 fully saturated rings. The van der Waals surface area contributed by atoms with Crippen molar-refractivity contribution < 1.29 is 0 Å². The Morgan fingerprint density at radius 1 is 1.19 bits per heavy atom. The number of aryl methyl sites for hydroxylation is 2. The molecule has 2 aromatic rings. The van der Waals surface area contributed by atoms with Crippen molar-refractivity contribution >= 4 is 0 Å². The van der Waals surface area contributed by atoms with E-state index < -0.39 is 0 Å². The number of aromatic nitrogens is 6. The zero-order chi connectivity index (χ0) is 14.6. The van der Waals surface area contributed by atoms with Gasteiger partial charge in [0.05, 0.1) is 0 Å². The topological polar surface area (TPSA) is 61.4 Å². The van der Waals surface area contributed by atoms with Crippen LogP contribution in [0.3, 0.4) is 0 Å². The lowest BCUT2D eigenvalue weighted by Gasteiger charge is -2.20. The van der Waals surface area contributed by atoms with Crippen LogP contribution in [0.5, 0.6) is 0 Å². The summed E-state index contributed by atoms with van der Waals surface area (Å²) in [7, 11) is 0. The molecular weight excluding hydrogens is 264 g/mol. The fraction of sp³-hybridized carbons (Fsp3) is 0.733. The van der Waals surface area contributed by atoms with Gasteiger partial charge >= 0.3 is 0 Å². The van der Waals surface area contributed by atoms with E-state index in [9.17, 15) is 0 Å². The van der Waals surface area contributed by atoms with Crippen molar-refractivity contribution in [2.75, 3.05) is 0 Å². The molecule has 3 atom stereocenters. The standard InChI is InChI=1S/C15H22N6/c1-4-12-16-18-14-7-11(8-20(12)14)10(3)15-19-17-13-6-5-9(2)21(13)15/h9-11H,4-8H2,1-3H3/t9-,10?,11?/m0/s1. The molecule has 0 bridgehead atoms. The largest absolute Gasteiger partial charge is 0.315 e. The molecule has 0 aliphatic carbocycles. The Morgan fingerprint density at radius 3 is 2.81 bits per heavy atom. The van der Waals surface area contributed by atoms with Crippen molar-refractivity contribution in [3.05, 3.63) is 23.3 Å². The van der Waals surface area contributed by atoms with Gasteiger partial charge < -0.3 is 9.13 Å². The van der Waals surface area contributed by atoms with E-state index in [0.29, 0.717) is 17.9 Å². The summed E-state index contributed by atoms with van der Waals surface area (Å²) in [6, 6.07) is 0.541. The minimum atomic E-state index is 0.415. The van der Waals surface area contributed by atoms with Gasteiger partial charge in [-0.25, -0.2) is 0 Å². The lowest BCUT2D eigenvalue weighted by Crippen LogP contribution is -2.18. The Bertz CT molecular complexity index is 670. The Labute approximate surface area is 124 Å². The van der Waals surface area contributed by atoms with Gasteiger partial charge in [-0.15, -0.1) is 20.4 Å². The second-order valence-corrected chi connectivity index (χ2v) is 6.48. The number of nitrogens with zero attached hydrogens (tertiary/aromatic N) is 6. The molecule has 0 saturated carbocycles. The highest BCUT2D eigenvalue weighted by Crippen LogP contribution is 2.36. The summed E-state index contributed by atoms with van der Waals surface area (Å²) in [6.45, 7) is 7.72. The first kappa shape index (κ1) is 13.0. The third-order valence-electron chi connectivity index (χ3n) is 5.22. The van der Waals surface area contributed by atoms with Crippen molar-refractivity contribution in [1.82, 2.24) is 29.5 Å². The fourth-order valence-electron chi connectivity index (χ4n) is 3.84. The first-order valence-electron chi connectivity index (χ1n) is 8.03. The summed E-state index contributed by atoms with van der Waals surface area (Å²) < 4.78 is 4.66. The van der Waals surface area contributed by atoms with Crippen molar-refractivity contribution in [2.24, 2.45) is 5.92 Å². The molecule has 4 rings (SSSR count). The molecule has 112 valence electrons. The predicted octanol–water partition coefficient (Wildman–Crippen LogP) is 1.92. The molecule has 6 nitrogen and oxygen atoms in total. The first-order valence-corrected chi connectivity index (χ1v) is 8.03.